The van der Waals surface area contributed by atoms with Crippen molar-refractivity contribution in [1.82, 2.24) is 14.8 Å². The number of carbonyl (C=O) groups excluding carboxylic acids is 1. The van der Waals surface area contributed by atoms with Gasteiger partial charge < -0.3 is 14.8 Å². The summed E-state index contributed by atoms with van der Waals surface area (Å²) in [4.78, 5) is 14.6. The van der Waals surface area contributed by atoms with Gasteiger partial charge in [-0.3, -0.25) is 0 Å². The van der Waals surface area contributed by atoms with E-state index < -0.39 is 0 Å². The summed E-state index contributed by atoms with van der Waals surface area (Å²) in [5.41, 5.74) is 3.36. The van der Waals surface area contributed by atoms with Crippen LogP contribution in [0.1, 0.15) is 42.8 Å². The molecule has 1 N–H and O–H groups in total. The van der Waals surface area contributed by atoms with Crippen LogP contribution in [0.4, 0.5) is 9.18 Å². The number of urea groups is 1. The Morgan fingerprint density at radius 1 is 1.21 bits per heavy atom. The number of benzene rings is 1. The van der Waals surface area contributed by atoms with Crippen LogP contribution < -0.4 is 5.32 Å². The van der Waals surface area contributed by atoms with Gasteiger partial charge in [0.05, 0.1) is 6.04 Å². The van der Waals surface area contributed by atoms with E-state index in [0.717, 1.165) is 24.9 Å². The van der Waals surface area contributed by atoms with Crippen molar-refractivity contribution >= 4 is 6.03 Å². The van der Waals surface area contributed by atoms with Gasteiger partial charge in [-0.05, 0) is 43.2 Å². The summed E-state index contributed by atoms with van der Waals surface area (Å²) in [7, 11) is 0. The van der Waals surface area contributed by atoms with E-state index in [9.17, 15) is 9.18 Å². The highest BCUT2D eigenvalue weighted by atomic mass is 19.1. The lowest BCUT2D eigenvalue weighted by molar-refractivity contribution is 0.150. The minimum Gasteiger partial charge on any atom is -0.345 e. The minimum atomic E-state index is -0.264. The molecule has 2 amide bonds. The van der Waals surface area contributed by atoms with Crippen molar-refractivity contribution in [3.05, 3.63) is 59.2 Å². The molecule has 3 rings (SSSR count). The van der Waals surface area contributed by atoms with Crippen molar-refractivity contribution in [2.24, 2.45) is 0 Å². The molecule has 2 aromatic rings. The third-order valence-electron chi connectivity index (χ3n) is 4.69. The Morgan fingerprint density at radius 2 is 1.96 bits per heavy atom. The molecule has 1 aromatic heterocycles. The number of nitrogens with zero attached hydrogens (tertiary/aromatic N) is 2. The first-order valence-electron chi connectivity index (χ1n) is 8.55. The number of fused-ring (bicyclic) bond motifs is 1. The number of nitrogens with one attached hydrogen (secondary N) is 1. The lowest BCUT2D eigenvalue weighted by Crippen LogP contribution is -2.46. The second kappa shape index (κ2) is 7.07. The number of carbonyl (C=O) groups is 1. The smallest absolute Gasteiger partial charge is 0.318 e. The second-order valence-corrected chi connectivity index (χ2v) is 6.33. The molecular weight excluding hydrogens is 305 g/mol. The van der Waals surface area contributed by atoms with Gasteiger partial charge in [0.1, 0.15) is 5.82 Å². The van der Waals surface area contributed by atoms with E-state index in [1.807, 2.05) is 4.90 Å². The molecule has 1 aromatic carbocycles. The topological polar surface area (TPSA) is 37.3 Å². The molecule has 1 atom stereocenters. The summed E-state index contributed by atoms with van der Waals surface area (Å²) in [6, 6.07) is 10.5. The van der Waals surface area contributed by atoms with Crippen molar-refractivity contribution < 1.29 is 9.18 Å². The molecule has 4 nitrogen and oxygen atoms in total. The van der Waals surface area contributed by atoms with Gasteiger partial charge in [-0.2, -0.15) is 0 Å². The molecule has 24 heavy (non-hydrogen) atoms. The maximum absolute atomic E-state index is 13.0. The summed E-state index contributed by atoms with van der Waals surface area (Å²) in [6.45, 7) is 6.20. The Kier molecular flexibility index (Phi) is 4.88. The van der Waals surface area contributed by atoms with Gasteiger partial charge in [0.15, 0.2) is 0 Å². The van der Waals surface area contributed by atoms with Crippen LogP contribution in [0.2, 0.25) is 0 Å². The van der Waals surface area contributed by atoms with Crippen LogP contribution in [0.3, 0.4) is 0 Å². The Morgan fingerprint density at radius 3 is 2.67 bits per heavy atom. The van der Waals surface area contributed by atoms with E-state index in [0.29, 0.717) is 13.1 Å². The van der Waals surface area contributed by atoms with Gasteiger partial charge in [0.25, 0.3) is 0 Å². The van der Waals surface area contributed by atoms with Crippen molar-refractivity contribution in [2.75, 3.05) is 6.54 Å². The lowest BCUT2D eigenvalue weighted by atomic mass is 10.0. The highest BCUT2D eigenvalue weighted by molar-refractivity contribution is 5.75. The molecule has 1 aliphatic rings. The maximum Gasteiger partial charge on any atom is 0.318 e. The standard InChI is InChI=1S/C19H24FN3O/c1-3-4-17-18-10-5-14(2)22(18)11-12-23(17)19(24)21-13-15-6-8-16(20)9-7-15/h5-10,17H,3-4,11-13H2,1-2H3,(H,21,24). The average molecular weight is 329 g/mol. The van der Waals surface area contributed by atoms with Crippen LogP contribution in [-0.2, 0) is 13.1 Å². The van der Waals surface area contributed by atoms with Gasteiger partial charge in [0, 0.05) is 31.0 Å². The van der Waals surface area contributed by atoms with Gasteiger partial charge >= 0.3 is 6.03 Å². The molecule has 1 unspecified atom stereocenters. The molecule has 5 heteroatoms. The third kappa shape index (κ3) is 3.30. The fraction of sp³-hybridized carbons (Fsp3) is 0.421. The zero-order valence-corrected chi connectivity index (χ0v) is 14.3. The predicted molar refractivity (Wildman–Crippen MR) is 92.2 cm³/mol. The molecule has 128 valence electrons. The molecule has 0 bridgehead atoms. The SMILES string of the molecule is CCCC1c2ccc(C)n2CCN1C(=O)NCc1ccc(F)cc1. The normalized spacial score (nSPS) is 16.8. The van der Waals surface area contributed by atoms with E-state index in [-0.39, 0.29) is 17.9 Å². The number of hydrogen-bond donors (Lipinski definition) is 1. The van der Waals surface area contributed by atoms with E-state index in [1.165, 1.54) is 23.5 Å². The number of amides is 2. The van der Waals surface area contributed by atoms with Gasteiger partial charge in [-0.25, -0.2) is 9.18 Å². The second-order valence-electron chi connectivity index (χ2n) is 6.33. The molecule has 0 aliphatic carbocycles. The van der Waals surface area contributed by atoms with E-state index >= 15 is 0 Å². The third-order valence-corrected chi connectivity index (χ3v) is 4.69. The zero-order valence-electron chi connectivity index (χ0n) is 14.3. The number of halogens is 1. The Balaban J connectivity index is 1.70. The minimum absolute atomic E-state index is 0.0529. The first-order valence-corrected chi connectivity index (χ1v) is 8.55. The largest absolute Gasteiger partial charge is 0.345 e. The zero-order chi connectivity index (χ0) is 17.1. The van der Waals surface area contributed by atoms with E-state index in [1.54, 1.807) is 12.1 Å². The molecule has 0 radical (unpaired) electrons. The fourth-order valence-corrected chi connectivity index (χ4v) is 3.41. The summed E-state index contributed by atoms with van der Waals surface area (Å²) in [5, 5.41) is 2.97. The highest BCUT2D eigenvalue weighted by Gasteiger charge is 2.30. The van der Waals surface area contributed by atoms with Crippen molar-refractivity contribution in [3.63, 3.8) is 0 Å². The summed E-state index contributed by atoms with van der Waals surface area (Å²) in [6.07, 6.45) is 1.98. The summed E-state index contributed by atoms with van der Waals surface area (Å²) >= 11 is 0. The van der Waals surface area contributed by atoms with Crippen LogP contribution in [-0.4, -0.2) is 22.0 Å². The monoisotopic (exact) mass is 329 g/mol. The van der Waals surface area contributed by atoms with Crippen molar-refractivity contribution in [2.45, 2.75) is 45.8 Å². The van der Waals surface area contributed by atoms with Crippen molar-refractivity contribution in [3.8, 4) is 0 Å². The van der Waals surface area contributed by atoms with Crippen LogP contribution in [0, 0.1) is 12.7 Å². The van der Waals surface area contributed by atoms with Crippen LogP contribution in [0.25, 0.3) is 0 Å². The number of rotatable bonds is 4. The van der Waals surface area contributed by atoms with E-state index in [4.69, 9.17) is 0 Å². The van der Waals surface area contributed by atoms with Crippen LogP contribution >= 0.6 is 0 Å². The first-order chi connectivity index (χ1) is 11.6. The molecule has 0 saturated heterocycles. The van der Waals surface area contributed by atoms with Crippen LogP contribution in [0.15, 0.2) is 36.4 Å². The lowest BCUT2D eigenvalue weighted by Gasteiger charge is -2.37. The number of aromatic nitrogens is 1. The fourth-order valence-electron chi connectivity index (χ4n) is 3.41. The molecule has 0 spiro atoms. The van der Waals surface area contributed by atoms with Gasteiger partial charge in [-0.1, -0.05) is 25.5 Å². The first kappa shape index (κ1) is 16.6. The Bertz CT molecular complexity index is 708. The van der Waals surface area contributed by atoms with Gasteiger partial charge in [-0.15, -0.1) is 0 Å². The van der Waals surface area contributed by atoms with Gasteiger partial charge in [0.2, 0.25) is 0 Å². The maximum atomic E-state index is 13.0. The predicted octanol–water partition coefficient (Wildman–Crippen LogP) is 4.00. The summed E-state index contributed by atoms with van der Waals surface area (Å²) < 4.78 is 15.3. The molecule has 0 saturated carbocycles. The highest BCUT2D eigenvalue weighted by Crippen LogP contribution is 2.31. The molecule has 1 aliphatic heterocycles. The van der Waals surface area contributed by atoms with E-state index in [2.05, 4.69) is 35.9 Å². The summed E-state index contributed by atoms with van der Waals surface area (Å²) in [5.74, 6) is -0.264. The average Bonchev–Trinajstić information content (AvgIpc) is 2.96. The number of hydrogen-bond acceptors (Lipinski definition) is 1. The van der Waals surface area contributed by atoms with Crippen molar-refractivity contribution in [1.29, 1.82) is 0 Å². The molecule has 0 fully saturated rings. The quantitative estimate of drug-likeness (QED) is 0.904. The Labute approximate surface area is 142 Å². The van der Waals surface area contributed by atoms with Crippen LogP contribution in [0.5, 0.6) is 0 Å². The Hall–Kier alpha value is -2.30. The molecule has 2 heterocycles. The number of aryl methyl sites for hydroxylation is 1. The molecular formula is C19H24FN3O.